The fraction of sp³-hybridized carbons (Fsp3) is 0.706. The maximum atomic E-state index is 12.3. The van der Waals surface area contributed by atoms with Crippen molar-refractivity contribution < 1.29 is 28.8 Å². The monoisotopic (exact) mass is 388 g/mol. The summed E-state index contributed by atoms with van der Waals surface area (Å²) in [5.41, 5.74) is 0. The molecule has 4 amide bonds. The van der Waals surface area contributed by atoms with Crippen LogP contribution in [0.2, 0.25) is 0 Å². The standard InChI is InChI=1S/C17H28N4O6/c1-12(22)18-10-5-4-6-13(20(2)3)17(26)19-11-9-16(25)27-21-14(23)7-8-15(21)24/h13H,4-11H2,1-3H3,(H,18,22)(H,19,26)/i1+1,2+1,10+1,18+1. The predicted octanol–water partition coefficient (Wildman–Crippen LogP) is -0.663. The number of hydroxylamine groups is 2. The van der Waals surface area contributed by atoms with Gasteiger partial charge in [-0.3, -0.25) is 24.1 Å². The van der Waals surface area contributed by atoms with Gasteiger partial charge in [0.05, 0.1) is 12.5 Å². The first-order chi connectivity index (χ1) is 12.7. The molecule has 1 atom stereocenters. The van der Waals surface area contributed by atoms with E-state index < -0.39 is 17.8 Å². The van der Waals surface area contributed by atoms with Crippen LogP contribution in [0, 0.1) is 0 Å². The SMILES string of the molecule is CN([13CH3])C(CCC[13CH2][15NH]C([13CH3])=O)C(=O)NCCC(=O)ON1C(=O)CCC1=O. The zero-order valence-corrected chi connectivity index (χ0v) is 16.1. The largest absolute Gasteiger partial charge is 0.356 e. The summed E-state index contributed by atoms with van der Waals surface area (Å²) >= 11 is 0. The topological polar surface area (TPSA) is 125 Å². The van der Waals surface area contributed by atoms with Gasteiger partial charge in [-0.05, 0) is 33.4 Å². The number of carbonyl (C=O) groups is 5. The summed E-state index contributed by atoms with van der Waals surface area (Å²) in [6.07, 6.45) is 2.06. The van der Waals surface area contributed by atoms with Crippen LogP contribution in [0.4, 0.5) is 0 Å². The Morgan fingerprint density at radius 3 is 2.26 bits per heavy atom. The Labute approximate surface area is 158 Å². The van der Waals surface area contributed by atoms with E-state index >= 15 is 0 Å². The smallest absolute Gasteiger partial charge is 0.334 e. The number of imide groups is 1. The Balaban J connectivity index is 2.30. The van der Waals surface area contributed by atoms with E-state index in [0.717, 1.165) is 12.8 Å². The Kier molecular flexibility index (Phi) is 9.41. The highest BCUT2D eigenvalue weighted by Crippen LogP contribution is 2.12. The molecule has 0 bridgehead atoms. The van der Waals surface area contributed by atoms with Crippen LogP contribution in [0.3, 0.4) is 0 Å². The molecule has 0 aromatic heterocycles. The molecule has 1 aliphatic heterocycles. The number of unbranched alkanes of at least 4 members (excludes halogenated alkanes) is 1. The third kappa shape index (κ3) is 8.16. The number of hydrogen-bond donors (Lipinski definition) is 2. The minimum absolute atomic E-state index is 0.0370. The zero-order valence-electron chi connectivity index (χ0n) is 16.1. The second-order valence-electron chi connectivity index (χ2n) is 6.54. The third-order valence-corrected chi connectivity index (χ3v) is 4.03. The third-order valence-electron chi connectivity index (χ3n) is 4.03. The first-order valence-corrected chi connectivity index (χ1v) is 8.97. The first-order valence-electron chi connectivity index (χ1n) is 8.97. The highest BCUT2D eigenvalue weighted by atomic mass is 16.7. The molecule has 0 radical (unpaired) electrons. The van der Waals surface area contributed by atoms with Crippen LogP contribution in [0.5, 0.6) is 0 Å². The molecule has 152 valence electrons. The summed E-state index contributed by atoms with van der Waals surface area (Å²) < 4.78 is 0. The summed E-state index contributed by atoms with van der Waals surface area (Å²) in [6.45, 7) is 2.07. The van der Waals surface area contributed by atoms with Gasteiger partial charge in [0.25, 0.3) is 11.8 Å². The lowest BCUT2D eigenvalue weighted by atomic mass is 10.1. The molecule has 1 saturated heterocycles. The van der Waals surface area contributed by atoms with Gasteiger partial charge in [-0.15, -0.1) is 5.06 Å². The first kappa shape index (κ1) is 22.6. The van der Waals surface area contributed by atoms with E-state index in [9.17, 15) is 24.0 Å². The predicted molar refractivity (Wildman–Crippen MR) is 94.8 cm³/mol. The van der Waals surface area contributed by atoms with Crippen molar-refractivity contribution in [3.8, 4) is 0 Å². The molecule has 1 rings (SSSR count). The molecule has 0 aromatic carbocycles. The van der Waals surface area contributed by atoms with Gasteiger partial charge in [-0.25, -0.2) is 4.79 Å². The molecule has 0 aliphatic carbocycles. The fourth-order valence-corrected chi connectivity index (χ4v) is 2.56. The van der Waals surface area contributed by atoms with E-state index in [1.807, 2.05) is 0 Å². The molecule has 27 heavy (non-hydrogen) atoms. The molecule has 1 heterocycles. The summed E-state index contributed by atoms with van der Waals surface area (Å²) in [5.74, 6) is -2.13. The van der Waals surface area contributed by atoms with Crippen molar-refractivity contribution in [1.29, 1.82) is 0 Å². The molecule has 10 nitrogen and oxygen atoms in total. The van der Waals surface area contributed by atoms with E-state index in [1.165, 1.54) is 6.92 Å². The lowest BCUT2D eigenvalue weighted by Gasteiger charge is -2.23. The molecule has 1 unspecified atom stereocenters. The Hall–Kier alpha value is -2.49. The van der Waals surface area contributed by atoms with Crippen molar-refractivity contribution in [2.75, 3.05) is 27.2 Å². The van der Waals surface area contributed by atoms with Gasteiger partial charge in [-0.1, -0.05) is 0 Å². The number of amides is 4. The van der Waals surface area contributed by atoms with E-state index in [2.05, 4.69) is 10.6 Å². The molecule has 0 spiro atoms. The van der Waals surface area contributed by atoms with Crippen LogP contribution >= 0.6 is 0 Å². The van der Waals surface area contributed by atoms with Gasteiger partial charge in [-0.2, -0.15) is 0 Å². The van der Waals surface area contributed by atoms with Gasteiger partial charge in [0.2, 0.25) is 11.8 Å². The van der Waals surface area contributed by atoms with Crippen LogP contribution in [-0.4, -0.2) is 72.8 Å². The van der Waals surface area contributed by atoms with Crippen LogP contribution in [-0.2, 0) is 28.8 Å². The number of likely N-dealkylation sites (N-methyl/N-ethyl adjacent to an activating group) is 1. The maximum Gasteiger partial charge on any atom is 0.334 e. The summed E-state index contributed by atoms with van der Waals surface area (Å²) in [6, 6.07) is -0.361. The summed E-state index contributed by atoms with van der Waals surface area (Å²) in [4.78, 5) is 64.1. The van der Waals surface area contributed by atoms with Gasteiger partial charge in [0, 0.05) is 32.9 Å². The molecule has 10 heteroatoms. The van der Waals surface area contributed by atoms with Gasteiger partial charge < -0.3 is 15.5 Å². The van der Waals surface area contributed by atoms with Crippen molar-refractivity contribution in [1.82, 2.24) is 20.6 Å². The number of carbonyl (C=O) groups excluding carboxylic acids is 5. The molecule has 0 aromatic rings. The zero-order chi connectivity index (χ0) is 20.4. The van der Waals surface area contributed by atoms with Crippen LogP contribution < -0.4 is 10.6 Å². The van der Waals surface area contributed by atoms with Crippen molar-refractivity contribution in [3.05, 3.63) is 0 Å². The van der Waals surface area contributed by atoms with Gasteiger partial charge in [0.15, 0.2) is 0 Å². The Morgan fingerprint density at radius 2 is 1.70 bits per heavy atom. The van der Waals surface area contributed by atoms with Crippen molar-refractivity contribution in [2.24, 2.45) is 0 Å². The number of nitrogens with zero attached hydrogens (tertiary/aromatic N) is 2. The van der Waals surface area contributed by atoms with Crippen molar-refractivity contribution in [2.45, 2.75) is 51.5 Å². The highest BCUT2D eigenvalue weighted by Gasteiger charge is 2.32. The van der Waals surface area contributed by atoms with Crippen LogP contribution in [0.1, 0.15) is 45.4 Å². The molecule has 0 saturated carbocycles. The Bertz CT molecular complexity index is 562. The average Bonchev–Trinajstić information content (AvgIpc) is 2.89. The second-order valence-corrected chi connectivity index (χ2v) is 6.54. The van der Waals surface area contributed by atoms with Gasteiger partial charge >= 0.3 is 5.97 Å². The second kappa shape index (κ2) is 11.3. The normalized spacial score (nSPS) is 15.0. The average molecular weight is 388 g/mol. The minimum atomic E-state index is -0.754. The molecular weight excluding hydrogens is 360 g/mol. The van der Waals surface area contributed by atoms with E-state index in [-0.39, 0.29) is 43.7 Å². The van der Waals surface area contributed by atoms with Crippen LogP contribution in [0.15, 0.2) is 0 Å². The molecular formula is C17H28N4O6. The fourth-order valence-electron chi connectivity index (χ4n) is 2.56. The highest BCUT2D eigenvalue weighted by molar-refractivity contribution is 6.01. The molecule has 1 fully saturated rings. The van der Waals surface area contributed by atoms with E-state index in [1.54, 1.807) is 19.0 Å². The van der Waals surface area contributed by atoms with Gasteiger partial charge in [0.1, 0.15) is 0 Å². The van der Waals surface area contributed by atoms with Crippen LogP contribution in [0.25, 0.3) is 0 Å². The Morgan fingerprint density at radius 1 is 1.07 bits per heavy atom. The summed E-state index contributed by atoms with van der Waals surface area (Å²) in [5, 5.41) is 5.85. The minimum Gasteiger partial charge on any atom is -0.356 e. The van der Waals surface area contributed by atoms with Crippen molar-refractivity contribution in [3.63, 3.8) is 0 Å². The van der Waals surface area contributed by atoms with E-state index in [0.29, 0.717) is 18.0 Å². The molecule has 1 aliphatic rings. The van der Waals surface area contributed by atoms with Crippen molar-refractivity contribution >= 4 is 29.6 Å². The number of hydrogen-bond acceptors (Lipinski definition) is 7. The quantitative estimate of drug-likeness (QED) is 0.208. The lowest BCUT2D eigenvalue weighted by molar-refractivity contribution is -0.197. The maximum absolute atomic E-state index is 12.3. The summed E-state index contributed by atoms with van der Waals surface area (Å²) in [7, 11) is 3.58. The molecule has 2 N–H and O–H groups in total. The lowest BCUT2D eigenvalue weighted by Crippen LogP contribution is -2.44. The number of nitrogens with one attached hydrogen (secondary N) is 2. The number of rotatable bonds is 11. The van der Waals surface area contributed by atoms with E-state index in [4.69, 9.17) is 4.84 Å².